The second-order valence-corrected chi connectivity index (χ2v) is 6.89. The number of halogens is 2. The number of rotatable bonds is 9. The van der Waals surface area contributed by atoms with E-state index >= 15 is 0 Å². The summed E-state index contributed by atoms with van der Waals surface area (Å²) in [7, 11) is 0. The van der Waals surface area contributed by atoms with Crippen molar-refractivity contribution in [2.75, 3.05) is 6.61 Å². The van der Waals surface area contributed by atoms with E-state index in [0.29, 0.717) is 5.56 Å². The largest absolute Gasteiger partial charge is 0.480 e. The summed E-state index contributed by atoms with van der Waals surface area (Å²) >= 11 is 6.78. The van der Waals surface area contributed by atoms with Gasteiger partial charge in [0.1, 0.15) is 6.61 Å². The number of benzene rings is 2. The third kappa shape index (κ3) is 8.25. The molecule has 4 N–H and O–H groups in total. The minimum absolute atomic E-state index is 0.0344. The number of hydrogen-bond acceptors (Lipinski definition) is 6. The third-order valence-electron chi connectivity index (χ3n) is 3.80. The van der Waals surface area contributed by atoms with Crippen molar-refractivity contribution in [2.24, 2.45) is 0 Å². The van der Waals surface area contributed by atoms with Crippen molar-refractivity contribution in [2.45, 2.75) is 16.6 Å². The van der Waals surface area contributed by atoms with Crippen molar-refractivity contribution < 1.29 is 40.1 Å². The van der Waals surface area contributed by atoms with E-state index in [2.05, 4.69) is 65.9 Å². The molecule has 0 heterocycles. The van der Waals surface area contributed by atoms with Gasteiger partial charge in [-0.05, 0) is 22.8 Å². The molecule has 0 fully saturated rings. The second-order valence-electron chi connectivity index (χ2n) is 5.77. The number of carboxylic acids is 2. The van der Waals surface area contributed by atoms with Gasteiger partial charge in [-0.25, -0.2) is 10.1 Å². The molecule has 2 rings (SSSR count). The first-order chi connectivity index (χ1) is 14.4. The van der Waals surface area contributed by atoms with Gasteiger partial charge in [-0.1, -0.05) is 80.4 Å². The molecule has 0 aliphatic heterocycles. The van der Waals surface area contributed by atoms with Crippen LogP contribution in [-0.4, -0.2) is 39.3 Å². The van der Waals surface area contributed by atoms with Gasteiger partial charge in [-0.3, -0.25) is 14.8 Å². The van der Waals surface area contributed by atoms with E-state index in [0.717, 1.165) is 10.7 Å². The lowest BCUT2D eigenvalue weighted by atomic mass is 9.98. The summed E-state index contributed by atoms with van der Waals surface area (Å²) in [5.41, 5.74) is 3.07. The lowest BCUT2D eigenvalue weighted by molar-refractivity contribution is -0.232. The summed E-state index contributed by atoms with van der Waals surface area (Å²) in [5, 5.41) is 36.4. The Kier molecular flexibility index (Phi) is 11.9. The monoisotopic (exact) mass is 546 g/mol. The van der Waals surface area contributed by atoms with Crippen LogP contribution in [0.2, 0.25) is 0 Å². The predicted octanol–water partition coefficient (Wildman–Crippen LogP) is 4.74. The van der Waals surface area contributed by atoms with Crippen LogP contribution in [-0.2, 0) is 30.0 Å². The Bertz CT molecular complexity index is 798. The smallest absolute Gasteiger partial charge is 0.322 e. The maximum atomic E-state index is 10.9. The van der Waals surface area contributed by atoms with E-state index in [-0.39, 0.29) is 17.9 Å². The van der Waals surface area contributed by atoms with Crippen molar-refractivity contribution in [1.29, 1.82) is 0 Å². The highest BCUT2D eigenvalue weighted by Crippen LogP contribution is 2.21. The zero-order chi connectivity index (χ0) is 22.5. The molecule has 0 spiro atoms. The molecule has 8 nitrogen and oxygen atoms in total. The van der Waals surface area contributed by atoms with E-state index in [1.807, 2.05) is 0 Å². The molecule has 0 aromatic heterocycles. The lowest BCUT2D eigenvalue weighted by Crippen LogP contribution is -2.20. The Morgan fingerprint density at radius 2 is 1.33 bits per heavy atom. The summed E-state index contributed by atoms with van der Waals surface area (Å²) in [6, 6.07) is 13.8. The molecule has 30 heavy (non-hydrogen) atoms. The van der Waals surface area contributed by atoms with Crippen LogP contribution in [0.5, 0.6) is 0 Å². The highest BCUT2D eigenvalue weighted by molar-refractivity contribution is 9.08. The van der Waals surface area contributed by atoms with Crippen LogP contribution in [0, 0.1) is 0 Å². The number of carboxylic acid groups (broad SMARTS) is 2. The summed E-state index contributed by atoms with van der Waals surface area (Å²) in [6.07, 6.45) is 1.22. The number of hydrogen-bond donors (Lipinski definition) is 4. The number of carbonyl (C=O) groups is 2. The van der Waals surface area contributed by atoms with Gasteiger partial charge >= 0.3 is 11.9 Å². The van der Waals surface area contributed by atoms with Crippen LogP contribution in [0.25, 0.3) is 5.76 Å². The molecule has 0 aliphatic rings. The SMILES string of the molecule is BrCc1ccc(CBr)cc1.O=C(O)C(C(=O)O)c1ccc(/C(=C\COO)OO)cc1. The van der Waals surface area contributed by atoms with Crippen LogP contribution in [0.1, 0.15) is 28.2 Å². The average molecular weight is 548 g/mol. The summed E-state index contributed by atoms with van der Waals surface area (Å²) in [5.74, 6) is -4.67. The molecule has 0 unspecified atom stereocenters. The van der Waals surface area contributed by atoms with Crippen LogP contribution in [0.15, 0.2) is 54.6 Å². The van der Waals surface area contributed by atoms with Gasteiger partial charge in [0, 0.05) is 16.2 Å². The number of alkyl halides is 2. The van der Waals surface area contributed by atoms with Crippen LogP contribution >= 0.6 is 31.9 Å². The van der Waals surface area contributed by atoms with Crippen LogP contribution < -0.4 is 0 Å². The first-order valence-corrected chi connectivity index (χ1v) is 10.7. The highest BCUT2D eigenvalue weighted by atomic mass is 79.9. The van der Waals surface area contributed by atoms with Gasteiger partial charge in [-0.15, -0.1) is 0 Å². The quantitative estimate of drug-likeness (QED) is 0.116. The molecule has 2 aromatic rings. The van der Waals surface area contributed by atoms with E-state index in [9.17, 15) is 9.59 Å². The third-order valence-corrected chi connectivity index (χ3v) is 5.09. The fraction of sp³-hybridized carbons (Fsp3) is 0.200. The summed E-state index contributed by atoms with van der Waals surface area (Å²) in [4.78, 5) is 29.6. The molecule has 162 valence electrons. The maximum absolute atomic E-state index is 10.9. The van der Waals surface area contributed by atoms with Crippen molar-refractivity contribution in [3.05, 3.63) is 76.9 Å². The Balaban J connectivity index is 0.000000375. The van der Waals surface area contributed by atoms with E-state index in [1.165, 1.54) is 41.5 Å². The summed E-state index contributed by atoms with van der Waals surface area (Å²) in [6.45, 7) is -0.232. The van der Waals surface area contributed by atoms with Gasteiger partial charge in [0.2, 0.25) is 0 Å². The molecule has 10 heteroatoms. The lowest BCUT2D eigenvalue weighted by Gasteiger charge is -2.09. The Morgan fingerprint density at radius 1 is 0.867 bits per heavy atom. The van der Waals surface area contributed by atoms with Gasteiger partial charge in [0.05, 0.1) is 0 Å². The minimum atomic E-state index is -1.67. The molecule has 0 bridgehead atoms. The highest BCUT2D eigenvalue weighted by Gasteiger charge is 2.27. The molecular weight excluding hydrogens is 528 g/mol. The van der Waals surface area contributed by atoms with Gasteiger partial charge in [0.15, 0.2) is 11.7 Å². The van der Waals surface area contributed by atoms with Crippen LogP contribution in [0.4, 0.5) is 0 Å². The zero-order valence-corrected chi connectivity index (χ0v) is 18.7. The molecular formula is C20H20Br2O8. The van der Waals surface area contributed by atoms with Crippen molar-refractivity contribution in [1.82, 2.24) is 0 Å². The van der Waals surface area contributed by atoms with Gasteiger partial charge in [0.25, 0.3) is 0 Å². The second kappa shape index (κ2) is 13.9. The average Bonchev–Trinajstić information content (AvgIpc) is 2.75. The first kappa shape index (κ1) is 25.8. The van der Waals surface area contributed by atoms with E-state index in [4.69, 9.17) is 20.7 Å². The van der Waals surface area contributed by atoms with Gasteiger partial charge < -0.3 is 15.1 Å². The van der Waals surface area contributed by atoms with Crippen molar-refractivity contribution in [3.63, 3.8) is 0 Å². The molecule has 0 radical (unpaired) electrons. The predicted molar refractivity (Wildman–Crippen MR) is 116 cm³/mol. The Labute approximate surface area is 189 Å². The van der Waals surface area contributed by atoms with E-state index in [1.54, 1.807) is 0 Å². The fourth-order valence-electron chi connectivity index (χ4n) is 2.27. The Hall–Kier alpha value is -2.24. The normalized spacial score (nSPS) is 10.9. The summed E-state index contributed by atoms with van der Waals surface area (Å²) < 4.78 is 0. The molecule has 0 saturated carbocycles. The zero-order valence-electron chi connectivity index (χ0n) is 15.6. The minimum Gasteiger partial charge on any atom is -0.480 e. The molecule has 0 aliphatic carbocycles. The molecule has 2 aromatic carbocycles. The molecule has 0 atom stereocenters. The standard InChI is InChI=1S/C12H12O8.C8H8Br2/c13-11(14)10(12(15)16)8-3-1-7(2-4-8)9(20-18)5-6-19-17;9-5-7-1-2-8(6-10)4-3-7/h1-5,10,17-18H,6H2,(H,13,14)(H,15,16);1-4H,5-6H2/b9-5+;. The fourth-order valence-corrected chi connectivity index (χ4v) is 3.02. The first-order valence-electron chi connectivity index (χ1n) is 8.41. The van der Waals surface area contributed by atoms with Crippen molar-refractivity contribution in [3.8, 4) is 0 Å². The molecule has 0 saturated heterocycles. The maximum Gasteiger partial charge on any atom is 0.322 e. The topological polar surface area (TPSA) is 134 Å². The number of aliphatic carboxylic acids is 2. The van der Waals surface area contributed by atoms with E-state index < -0.39 is 17.9 Å². The van der Waals surface area contributed by atoms with Gasteiger partial charge in [-0.2, -0.15) is 0 Å². The van der Waals surface area contributed by atoms with Crippen LogP contribution in [0.3, 0.4) is 0 Å². The Morgan fingerprint density at radius 3 is 1.67 bits per heavy atom. The molecule has 0 amide bonds. The van der Waals surface area contributed by atoms with Crippen molar-refractivity contribution >= 4 is 49.6 Å².